The number of rotatable bonds is 1. The molecule has 1 unspecified atom stereocenters. The van der Waals surface area contributed by atoms with Gasteiger partial charge in [-0.25, -0.2) is 13.8 Å². The summed E-state index contributed by atoms with van der Waals surface area (Å²) in [5.41, 5.74) is 2.14. The lowest BCUT2D eigenvalue weighted by Gasteiger charge is -2.23. The quantitative estimate of drug-likeness (QED) is 0.512. The fraction of sp³-hybridized carbons (Fsp3) is 0.176. The molecule has 2 aromatic heterocycles. The topological polar surface area (TPSA) is 43.6 Å². The molecule has 0 bridgehead atoms. The number of aryl methyl sites for hydroxylation is 1. The number of esters is 1. The lowest BCUT2D eigenvalue weighted by atomic mass is 9.90. The largest absolute Gasteiger partial charge is 0.426 e. The second kappa shape index (κ2) is 4.87. The maximum Gasteiger partial charge on any atom is 0.319 e. The van der Waals surface area contributed by atoms with Gasteiger partial charge in [0.2, 0.25) is 0 Å². The third kappa shape index (κ3) is 2.27. The molecule has 1 aromatic carbocycles. The van der Waals surface area contributed by atoms with Crippen molar-refractivity contribution < 1.29 is 18.3 Å². The Morgan fingerprint density at radius 3 is 2.91 bits per heavy atom. The summed E-state index contributed by atoms with van der Waals surface area (Å²) in [5, 5.41) is 0. The SMILES string of the molecule is Cc1cn2cc(C3Cc4ccc(F)cc4OC3=O)cc(F)c2n1. The van der Waals surface area contributed by atoms with Crippen molar-refractivity contribution in [2.75, 3.05) is 0 Å². The van der Waals surface area contributed by atoms with Gasteiger partial charge in [-0.1, -0.05) is 6.07 Å². The van der Waals surface area contributed by atoms with Crippen molar-refractivity contribution >= 4 is 11.6 Å². The van der Waals surface area contributed by atoms with Crippen LogP contribution in [0, 0.1) is 18.6 Å². The van der Waals surface area contributed by atoms with Crippen molar-refractivity contribution in [3.05, 3.63) is 65.1 Å². The molecule has 4 nitrogen and oxygen atoms in total. The standard InChI is InChI=1S/C17H12F2N2O2/c1-9-7-21-8-11(5-14(19)16(21)20-9)13-4-10-2-3-12(18)6-15(10)23-17(13)22/h2-3,5-8,13H,4H2,1H3. The Morgan fingerprint density at radius 2 is 2.09 bits per heavy atom. The lowest BCUT2D eigenvalue weighted by Crippen LogP contribution is -2.26. The van der Waals surface area contributed by atoms with E-state index in [1.54, 1.807) is 29.8 Å². The first-order chi connectivity index (χ1) is 11.0. The highest BCUT2D eigenvalue weighted by atomic mass is 19.1. The number of nitrogens with zero attached hydrogens (tertiary/aromatic N) is 2. The summed E-state index contributed by atoms with van der Waals surface area (Å²) in [6, 6.07) is 5.40. The van der Waals surface area contributed by atoms with Crippen LogP contribution in [-0.4, -0.2) is 15.4 Å². The molecule has 116 valence electrons. The Bertz CT molecular complexity index is 949. The smallest absolute Gasteiger partial charge is 0.319 e. The first kappa shape index (κ1) is 13.9. The molecule has 6 heteroatoms. The van der Waals surface area contributed by atoms with Crippen LogP contribution in [-0.2, 0) is 11.2 Å². The minimum Gasteiger partial charge on any atom is -0.426 e. The molecule has 0 spiro atoms. The minimum atomic E-state index is -0.630. The Hall–Kier alpha value is -2.76. The molecule has 3 heterocycles. The number of hydrogen-bond donors (Lipinski definition) is 0. The van der Waals surface area contributed by atoms with Crippen LogP contribution in [0.1, 0.15) is 22.7 Å². The van der Waals surface area contributed by atoms with E-state index in [1.165, 1.54) is 18.2 Å². The average molecular weight is 314 g/mol. The first-order valence-corrected chi connectivity index (χ1v) is 7.16. The van der Waals surface area contributed by atoms with Gasteiger partial charge < -0.3 is 9.14 Å². The van der Waals surface area contributed by atoms with Crippen molar-refractivity contribution in [2.24, 2.45) is 0 Å². The Kier molecular flexibility index (Phi) is 2.94. The second-order valence-corrected chi connectivity index (χ2v) is 5.66. The number of imidazole rings is 1. The molecule has 0 saturated carbocycles. The van der Waals surface area contributed by atoms with E-state index < -0.39 is 23.5 Å². The minimum absolute atomic E-state index is 0.220. The Balaban J connectivity index is 1.78. The Labute approximate surface area is 130 Å². The van der Waals surface area contributed by atoms with E-state index in [9.17, 15) is 13.6 Å². The zero-order valence-electron chi connectivity index (χ0n) is 12.2. The number of pyridine rings is 1. The van der Waals surface area contributed by atoms with E-state index in [0.717, 1.165) is 5.56 Å². The van der Waals surface area contributed by atoms with Gasteiger partial charge in [0.1, 0.15) is 11.6 Å². The summed E-state index contributed by atoms with van der Waals surface area (Å²) in [7, 11) is 0. The Morgan fingerprint density at radius 1 is 1.26 bits per heavy atom. The molecular formula is C17H12F2N2O2. The van der Waals surface area contributed by atoms with Crippen LogP contribution in [0.5, 0.6) is 5.75 Å². The van der Waals surface area contributed by atoms with Gasteiger partial charge in [-0.3, -0.25) is 4.79 Å². The number of hydrogen-bond acceptors (Lipinski definition) is 3. The van der Waals surface area contributed by atoms with Crippen LogP contribution >= 0.6 is 0 Å². The van der Waals surface area contributed by atoms with Crippen molar-refractivity contribution in [1.82, 2.24) is 9.38 Å². The highest BCUT2D eigenvalue weighted by molar-refractivity contribution is 5.83. The summed E-state index contributed by atoms with van der Waals surface area (Å²) in [6.45, 7) is 1.77. The van der Waals surface area contributed by atoms with Crippen molar-refractivity contribution in [2.45, 2.75) is 19.3 Å². The number of benzene rings is 1. The number of halogens is 2. The first-order valence-electron chi connectivity index (χ1n) is 7.16. The molecule has 0 saturated heterocycles. The van der Waals surface area contributed by atoms with Gasteiger partial charge in [0.05, 0.1) is 11.6 Å². The fourth-order valence-corrected chi connectivity index (χ4v) is 2.92. The van der Waals surface area contributed by atoms with Gasteiger partial charge in [0.25, 0.3) is 0 Å². The summed E-state index contributed by atoms with van der Waals surface area (Å²) in [5.74, 6) is -1.87. The van der Waals surface area contributed by atoms with E-state index in [0.29, 0.717) is 17.7 Å². The highest BCUT2D eigenvalue weighted by Crippen LogP contribution is 2.34. The van der Waals surface area contributed by atoms with Crippen LogP contribution in [0.4, 0.5) is 8.78 Å². The van der Waals surface area contributed by atoms with Gasteiger partial charge in [-0.2, -0.15) is 0 Å². The third-order valence-corrected chi connectivity index (χ3v) is 4.00. The molecule has 0 aliphatic carbocycles. The zero-order chi connectivity index (χ0) is 16.1. The molecule has 1 atom stereocenters. The van der Waals surface area contributed by atoms with Gasteiger partial charge >= 0.3 is 5.97 Å². The van der Waals surface area contributed by atoms with E-state index in [-0.39, 0.29) is 11.4 Å². The molecular weight excluding hydrogens is 302 g/mol. The number of carbonyl (C=O) groups excluding carboxylic acids is 1. The number of fused-ring (bicyclic) bond motifs is 2. The number of carbonyl (C=O) groups is 1. The molecule has 1 aliphatic rings. The van der Waals surface area contributed by atoms with Crippen LogP contribution in [0.15, 0.2) is 36.7 Å². The second-order valence-electron chi connectivity index (χ2n) is 5.66. The van der Waals surface area contributed by atoms with Crippen molar-refractivity contribution in [3.63, 3.8) is 0 Å². The summed E-state index contributed by atoms with van der Waals surface area (Å²) in [4.78, 5) is 16.3. The number of ether oxygens (including phenoxy) is 1. The molecule has 3 aromatic rings. The average Bonchev–Trinajstić information content (AvgIpc) is 2.87. The van der Waals surface area contributed by atoms with Crippen LogP contribution in [0.25, 0.3) is 5.65 Å². The van der Waals surface area contributed by atoms with Crippen molar-refractivity contribution in [1.29, 1.82) is 0 Å². The fourth-order valence-electron chi connectivity index (χ4n) is 2.92. The van der Waals surface area contributed by atoms with Gasteiger partial charge in [0.15, 0.2) is 11.5 Å². The highest BCUT2D eigenvalue weighted by Gasteiger charge is 2.31. The predicted octanol–water partition coefficient (Wildman–Crippen LogP) is 3.17. The van der Waals surface area contributed by atoms with Crippen LogP contribution in [0.2, 0.25) is 0 Å². The van der Waals surface area contributed by atoms with E-state index in [1.807, 2.05) is 0 Å². The molecule has 1 aliphatic heterocycles. The van der Waals surface area contributed by atoms with Crippen LogP contribution < -0.4 is 4.74 Å². The van der Waals surface area contributed by atoms with E-state index in [2.05, 4.69) is 4.98 Å². The molecule has 0 radical (unpaired) electrons. The molecule has 0 amide bonds. The summed E-state index contributed by atoms with van der Waals surface area (Å²) in [6.07, 6.45) is 3.71. The predicted molar refractivity (Wildman–Crippen MR) is 78.4 cm³/mol. The maximum absolute atomic E-state index is 14.2. The van der Waals surface area contributed by atoms with Gasteiger partial charge in [-0.05, 0) is 36.6 Å². The summed E-state index contributed by atoms with van der Waals surface area (Å²) >= 11 is 0. The van der Waals surface area contributed by atoms with Gasteiger partial charge in [0, 0.05) is 18.5 Å². The zero-order valence-corrected chi connectivity index (χ0v) is 12.2. The molecule has 4 rings (SSSR count). The van der Waals surface area contributed by atoms with Gasteiger partial charge in [-0.15, -0.1) is 0 Å². The monoisotopic (exact) mass is 314 g/mol. The molecule has 23 heavy (non-hydrogen) atoms. The lowest BCUT2D eigenvalue weighted by molar-refractivity contribution is -0.137. The number of aromatic nitrogens is 2. The van der Waals surface area contributed by atoms with Crippen LogP contribution in [0.3, 0.4) is 0 Å². The van der Waals surface area contributed by atoms with Crippen molar-refractivity contribution in [3.8, 4) is 5.75 Å². The third-order valence-electron chi connectivity index (χ3n) is 4.00. The normalized spacial score (nSPS) is 17.2. The van der Waals surface area contributed by atoms with E-state index >= 15 is 0 Å². The maximum atomic E-state index is 14.2. The van der Waals surface area contributed by atoms with E-state index in [4.69, 9.17) is 4.74 Å². The molecule has 0 N–H and O–H groups in total. The summed E-state index contributed by atoms with van der Waals surface area (Å²) < 4.78 is 34.2. The molecule has 0 fully saturated rings.